The molecule has 6 nitrogen and oxygen atoms in total. The van der Waals surface area contributed by atoms with Gasteiger partial charge >= 0.3 is 0 Å². The van der Waals surface area contributed by atoms with Gasteiger partial charge in [0.15, 0.2) is 17.3 Å². The fourth-order valence-electron chi connectivity index (χ4n) is 0.882. The minimum absolute atomic E-state index is 0. The maximum absolute atomic E-state index is 10.0. The number of hydrogen-bond acceptors (Lipinski definition) is 6. The first-order valence-corrected chi connectivity index (χ1v) is 6.02. The predicted octanol–water partition coefficient (Wildman–Crippen LogP) is 3.11. The molecule has 0 spiro atoms. The molecule has 7 heteroatoms. The van der Waals surface area contributed by atoms with Crippen molar-refractivity contribution in [2.75, 3.05) is 0 Å². The van der Waals surface area contributed by atoms with Crippen LogP contribution in [0.5, 0.6) is 0 Å². The molecule has 0 aromatic carbocycles. The Labute approximate surface area is 163 Å². The Bertz CT molecular complexity index is 368. The molecule has 0 aliphatic carbocycles. The predicted molar refractivity (Wildman–Crippen MR) is 81.2 cm³/mol. The standard InChI is InChI=1S/3C5H8O2.Gd/c3*1-4(6)3-5(2)7;/h3*3,6H,1-2H3;/b4-3+;2*4-3-;. The summed E-state index contributed by atoms with van der Waals surface area (Å²) in [5, 5.41) is 25.1. The fraction of sp³-hybridized carbons (Fsp3) is 0.400. The van der Waals surface area contributed by atoms with Gasteiger partial charge in [-0.2, -0.15) is 0 Å². The van der Waals surface area contributed by atoms with Crippen LogP contribution in [0.4, 0.5) is 0 Å². The second kappa shape index (κ2) is 18.0. The molecule has 3 N–H and O–H groups in total. The van der Waals surface area contributed by atoms with Crippen LogP contribution in [0.1, 0.15) is 41.5 Å². The van der Waals surface area contributed by atoms with Gasteiger partial charge < -0.3 is 15.3 Å². The summed E-state index contributed by atoms with van der Waals surface area (Å²) in [5.41, 5.74) is 0. The second-order valence-corrected chi connectivity index (χ2v) is 4.19. The quantitative estimate of drug-likeness (QED) is 0.443. The van der Waals surface area contributed by atoms with Crippen LogP contribution >= 0.6 is 0 Å². The van der Waals surface area contributed by atoms with Crippen molar-refractivity contribution >= 4 is 17.3 Å². The van der Waals surface area contributed by atoms with E-state index in [1.54, 1.807) is 0 Å². The van der Waals surface area contributed by atoms with Gasteiger partial charge in [0.1, 0.15) is 0 Å². The second-order valence-electron chi connectivity index (χ2n) is 4.19. The van der Waals surface area contributed by atoms with Crippen molar-refractivity contribution in [1.82, 2.24) is 0 Å². The maximum atomic E-state index is 10.0. The van der Waals surface area contributed by atoms with E-state index in [1.165, 1.54) is 59.8 Å². The van der Waals surface area contributed by atoms with Crippen molar-refractivity contribution in [3.8, 4) is 0 Å². The summed E-state index contributed by atoms with van der Waals surface area (Å²) in [6.45, 7) is 8.54. The van der Waals surface area contributed by atoms with E-state index in [0.717, 1.165) is 0 Å². The van der Waals surface area contributed by atoms with E-state index in [2.05, 4.69) is 0 Å². The zero-order valence-electron chi connectivity index (χ0n) is 13.7. The minimum Gasteiger partial charge on any atom is -0.512 e. The molecule has 0 saturated carbocycles. The zero-order valence-corrected chi connectivity index (χ0v) is 15.9. The Morgan fingerprint density at radius 3 is 0.682 bits per heavy atom. The van der Waals surface area contributed by atoms with E-state index in [9.17, 15) is 14.4 Å². The molecular formula is C15H24GdO6. The Morgan fingerprint density at radius 1 is 0.545 bits per heavy atom. The Hall–Kier alpha value is -1.05. The van der Waals surface area contributed by atoms with Crippen LogP contribution < -0.4 is 0 Å². The molecule has 0 aromatic rings. The van der Waals surface area contributed by atoms with Crippen molar-refractivity contribution in [3.63, 3.8) is 0 Å². The van der Waals surface area contributed by atoms with Gasteiger partial charge in [-0.15, -0.1) is 0 Å². The van der Waals surface area contributed by atoms with E-state index in [1.807, 2.05) is 0 Å². The molecule has 0 radical (unpaired) electrons. The van der Waals surface area contributed by atoms with Crippen LogP contribution in [0.3, 0.4) is 0 Å². The topological polar surface area (TPSA) is 112 Å². The third-order valence-corrected chi connectivity index (χ3v) is 1.24. The van der Waals surface area contributed by atoms with E-state index in [-0.39, 0.29) is 74.6 Å². The first-order chi connectivity index (χ1) is 9.38. The summed E-state index contributed by atoms with van der Waals surface area (Å²) < 4.78 is 0. The van der Waals surface area contributed by atoms with Gasteiger partial charge in [-0.25, -0.2) is 0 Å². The SMILES string of the molecule is CC(=O)/C=C(/C)O.CC(=O)/C=C(/C)O.CC(=O)/C=C(\C)O.[Gd]. The number of ketones is 3. The van der Waals surface area contributed by atoms with Gasteiger partial charge in [0.2, 0.25) is 0 Å². The van der Waals surface area contributed by atoms with E-state index in [0.29, 0.717) is 0 Å². The molecule has 128 valence electrons. The van der Waals surface area contributed by atoms with Gasteiger partial charge in [-0.05, 0) is 41.5 Å². The molecule has 0 saturated heterocycles. The fourth-order valence-corrected chi connectivity index (χ4v) is 0.882. The smallest absolute Gasteiger partial charge is 0.155 e. The van der Waals surface area contributed by atoms with E-state index >= 15 is 0 Å². The number of aliphatic hydroxyl groups excluding tert-OH is 3. The summed E-state index contributed by atoms with van der Waals surface area (Å²) in [6, 6.07) is 0. The summed E-state index contributed by atoms with van der Waals surface area (Å²) in [4.78, 5) is 30.1. The van der Waals surface area contributed by atoms with Crippen LogP contribution in [0, 0.1) is 39.9 Å². The van der Waals surface area contributed by atoms with E-state index < -0.39 is 0 Å². The summed E-state index contributed by atoms with van der Waals surface area (Å²) in [7, 11) is 0. The molecule has 0 fully saturated rings. The molecule has 0 atom stereocenters. The van der Waals surface area contributed by atoms with Gasteiger partial charge in [-0.1, -0.05) is 0 Å². The van der Waals surface area contributed by atoms with Crippen LogP contribution in [-0.4, -0.2) is 32.7 Å². The Kier molecular flexibility index (Phi) is 23.8. The van der Waals surface area contributed by atoms with Crippen LogP contribution in [0.15, 0.2) is 35.5 Å². The van der Waals surface area contributed by atoms with Crippen molar-refractivity contribution in [2.24, 2.45) is 0 Å². The summed E-state index contributed by atoms with van der Waals surface area (Å²) in [6.07, 6.45) is 3.50. The molecule has 0 heterocycles. The van der Waals surface area contributed by atoms with Crippen LogP contribution in [0.2, 0.25) is 0 Å². The largest absolute Gasteiger partial charge is 0.512 e. The first-order valence-electron chi connectivity index (χ1n) is 6.02. The van der Waals surface area contributed by atoms with Crippen LogP contribution in [-0.2, 0) is 14.4 Å². The molecule has 0 unspecified atom stereocenters. The average Bonchev–Trinajstić information content (AvgIpc) is 2.10. The minimum atomic E-state index is -0.125. The molecule has 0 aliphatic heterocycles. The normalized spacial score (nSPS) is 10.9. The number of hydrogen-bond donors (Lipinski definition) is 3. The first kappa shape index (κ1) is 29.0. The Balaban J connectivity index is -0.000000108. The van der Waals surface area contributed by atoms with Crippen molar-refractivity contribution in [1.29, 1.82) is 0 Å². The van der Waals surface area contributed by atoms with Gasteiger partial charge in [-0.3, -0.25) is 14.4 Å². The molecule has 0 bridgehead atoms. The number of aliphatic hydroxyl groups is 3. The molecule has 0 aliphatic rings. The summed E-state index contributed by atoms with van der Waals surface area (Å²) >= 11 is 0. The molecule has 0 amide bonds. The Morgan fingerprint density at radius 2 is 0.682 bits per heavy atom. The third-order valence-electron chi connectivity index (χ3n) is 1.24. The maximum Gasteiger partial charge on any atom is 0.155 e. The number of rotatable bonds is 3. The number of carbonyl (C=O) groups excluding carboxylic acids is 3. The molecule has 22 heavy (non-hydrogen) atoms. The van der Waals surface area contributed by atoms with Crippen molar-refractivity contribution in [2.45, 2.75) is 41.5 Å². The van der Waals surface area contributed by atoms with Gasteiger partial charge in [0.05, 0.1) is 17.3 Å². The average molecular weight is 458 g/mol. The monoisotopic (exact) mass is 458 g/mol. The van der Waals surface area contributed by atoms with Gasteiger partial charge in [0.25, 0.3) is 0 Å². The zero-order chi connectivity index (χ0) is 17.6. The van der Waals surface area contributed by atoms with Crippen LogP contribution in [0.25, 0.3) is 0 Å². The van der Waals surface area contributed by atoms with Crippen molar-refractivity contribution in [3.05, 3.63) is 35.5 Å². The number of allylic oxidation sites excluding steroid dienone is 6. The van der Waals surface area contributed by atoms with Crippen molar-refractivity contribution < 1.29 is 69.6 Å². The van der Waals surface area contributed by atoms with Gasteiger partial charge in [0, 0.05) is 58.2 Å². The molecule has 0 aromatic heterocycles. The summed E-state index contributed by atoms with van der Waals surface area (Å²) in [5.74, 6) is -0.187. The third kappa shape index (κ3) is 50.9. The number of carbonyl (C=O) groups is 3. The molecular weight excluding hydrogens is 433 g/mol. The van der Waals surface area contributed by atoms with E-state index in [4.69, 9.17) is 15.3 Å². The molecule has 0 rings (SSSR count).